The molecule has 0 aliphatic carbocycles. The van der Waals surface area contributed by atoms with Gasteiger partial charge >= 0.3 is 0 Å². The summed E-state index contributed by atoms with van der Waals surface area (Å²) in [5.41, 5.74) is 15.2. The summed E-state index contributed by atoms with van der Waals surface area (Å²) in [6.07, 6.45) is 2.21. The molecule has 4 heteroatoms. The monoisotopic (exact) mass is 747 g/mol. The molecular formula is C53H37N3S. The van der Waals surface area contributed by atoms with Crippen molar-refractivity contribution < 1.29 is 0 Å². The molecule has 270 valence electrons. The number of aryl methyl sites for hydroxylation is 1. The van der Waals surface area contributed by atoms with Gasteiger partial charge in [0.15, 0.2) is 5.82 Å². The molecule has 0 aliphatic heterocycles. The lowest BCUT2D eigenvalue weighted by molar-refractivity contribution is 1.18. The van der Waals surface area contributed by atoms with E-state index in [1.165, 1.54) is 47.8 Å². The van der Waals surface area contributed by atoms with Crippen LogP contribution < -0.4 is 0 Å². The Bertz CT molecular complexity index is 3050. The van der Waals surface area contributed by atoms with Crippen molar-refractivity contribution >= 4 is 48.0 Å². The van der Waals surface area contributed by atoms with Crippen LogP contribution in [0, 0.1) is 6.92 Å². The van der Waals surface area contributed by atoms with Crippen molar-refractivity contribution in [2.24, 2.45) is 0 Å². The van der Waals surface area contributed by atoms with Gasteiger partial charge in [-0.1, -0.05) is 170 Å². The van der Waals surface area contributed by atoms with E-state index in [9.17, 15) is 0 Å². The Labute approximate surface area is 336 Å². The Hall–Kier alpha value is -7.01. The Morgan fingerprint density at radius 3 is 1.77 bits per heavy atom. The minimum absolute atomic E-state index is 0.699. The van der Waals surface area contributed by atoms with Crippen LogP contribution in [0.3, 0.4) is 0 Å². The number of nitrogens with zero attached hydrogens (tertiary/aromatic N) is 3. The molecule has 7 aromatic carbocycles. The van der Waals surface area contributed by atoms with Crippen LogP contribution >= 0.6 is 11.3 Å². The zero-order chi connectivity index (χ0) is 38.3. The lowest BCUT2D eigenvalue weighted by atomic mass is 9.93. The van der Waals surface area contributed by atoms with Crippen LogP contribution in [0.5, 0.6) is 0 Å². The van der Waals surface area contributed by atoms with E-state index in [2.05, 4.69) is 166 Å². The highest BCUT2D eigenvalue weighted by molar-refractivity contribution is 7.26. The maximum absolute atomic E-state index is 5.46. The molecule has 0 bridgehead atoms. The Morgan fingerprint density at radius 1 is 0.491 bits per heavy atom. The van der Waals surface area contributed by atoms with Gasteiger partial charge in [-0.25, -0.2) is 15.0 Å². The number of rotatable bonds is 7. The number of allylic oxidation sites excluding steroid dienone is 1. The minimum Gasteiger partial charge on any atom is -0.247 e. The molecule has 0 spiro atoms. The summed E-state index contributed by atoms with van der Waals surface area (Å²) < 4.78 is 2.53. The van der Waals surface area contributed by atoms with Gasteiger partial charge < -0.3 is 0 Å². The van der Waals surface area contributed by atoms with E-state index in [-0.39, 0.29) is 0 Å². The van der Waals surface area contributed by atoms with Crippen molar-refractivity contribution in [1.82, 2.24) is 15.0 Å². The summed E-state index contributed by atoms with van der Waals surface area (Å²) in [4.78, 5) is 15.6. The average Bonchev–Trinajstić information content (AvgIpc) is 3.68. The lowest BCUT2D eigenvalue weighted by Gasteiger charge is -2.13. The molecule has 0 unspecified atom stereocenters. The topological polar surface area (TPSA) is 38.7 Å². The highest BCUT2D eigenvalue weighted by Gasteiger charge is 2.18. The summed E-state index contributed by atoms with van der Waals surface area (Å²) >= 11 is 1.85. The number of benzene rings is 7. The summed E-state index contributed by atoms with van der Waals surface area (Å²) in [6, 6.07) is 64.2. The number of hydrogen-bond acceptors (Lipinski definition) is 4. The van der Waals surface area contributed by atoms with E-state index in [0.717, 1.165) is 56.0 Å². The molecule has 0 radical (unpaired) electrons. The van der Waals surface area contributed by atoms with Crippen molar-refractivity contribution in [2.45, 2.75) is 13.8 Å². The number of hydrogen-bond donors (Lipinski definition) is 0. The predicted octanol–water partition coefficient (Wildman–Crippen LogP) is 14.5. The van der Waals surface area contributed by atoms with Gasteiger partial charge in [0, 0.05) is 47.8 Å². The maximum atomic E-state index is 5.46. The molecule has 0 aliphatic rings. The highest BCUT2D eigenvalue weighted by atomic mass is 32.1. The second kappa shape index (κ2) is 14.6. The highest BCUT2D eigenvalue weighted by Crippen LogP contribution is 2.44. The van der Waals surface area contributed by atoms with E-state index >= 15 is 0 Å². The number of thiophene rings is 1. The molecule has 0 fully saturated rings. The normalized spacial score (nSPS) is 11.8. The fourth-order valence-electron chi connectivity index (χ4n) is 7.91. The van der Waals surface area contributed by atoms with E-state index in [0.29, 0.717) is 5.82 Å². The Balaban J connectivity index is 1.05. The van der Waals surface area contributed by atoms with Crippen LogP contribution in [0.2, 0.25) is 0 Å². The van der Waals surface area contributed by atoms with E-state index in [1.807, 2.05) is 47.7 Å². The van der Waals surface area contributed by atoms with E-state index < -0.39 is 0 Å². The molecular weight excluding hydrogens is 711 g/mol. The van der Waals surface area contributed by atoms with Crippen molar-refractivity contribution in [1.29, 1.82) is 0 Å². The molecule has 0 amide bonds. The molecule has 3 heterocycles. The standard InChI is InChI=1S/C53H37N3S/c1-3-42(43-19-11-10-14-34(43)2)36-24-26-39(27-25-36)51-50-45-20-12-13-21-49(45)57-52(50)44-31-30-41(32-48(44)54-51)35-22-28-40(29-23-35)53-55-46(37-15-6-4-7-16-37)33-47(56-53)38-17-8-5-9-18-38/h3-33H,1-2H3/b42-3-. The quantitative estimate of drug-likeness (QED) is 0.163. The van der Waals surface area contributed by atoms with Gasteiger partial charge in [0.05, 0.1) is 22.6 Å². The first-order chi connectivity index (χ1) is 28.1. The van der Waals surface area contributed by atoms with Crippen molar-refractivity contribution in [2.75, 3.05) is 0 Å². The van der Waals surface area contributed by atoms with Crippen molar-refractivity contribution in [3.63, 3.8) is 0 Å². The third-order valence-corrected chi connectivity index (χ3v) is 12.0. The smallest absolute Gasteiger partial charge is 0.160 e. The van der Waals surface area contributed by atoms with Gasteiger partial charge in [0.25, 0.3) is 0 Å². The van der Waals surface area contributed by atoms with Gasteiger partial charge in [-0.2, -0.15) is 0 Å². The molecule has 10 rings (SSSR count). The molecule has 57 heavy (non-hydrogen) atoms. The van der Waals surface area contributed by atoms with E-state index in [1.54, 1.807) is 0 Å². The van der Waals surface area contributed by atoms with E-state index in [4.69, 9.17) is 15.0 Å². The summed E-state index contributed by atoms with van der Waals surface area (Å²) in [5.74, 6) is 0.699. The summed E-state index contributed by atoms with van der Waals surface area (Å²) in [7, 11) is 0. The molecule has 10 aromatic rings. The molecule has 0 saturated heterocycles. The Kier molecular flexibility index (Phi) is 8.81. The Morgan fingerprint density at radius 2 is 1.09 bits per heavy atom. The summed E-state index contributed by atoms with van der Waals surface area (Å²) in [5, 5.41) is 3.63. The average molecular weight is 748 g/mol. The van der Waals surface area contributed by atoms with Crippen LogP contribution in [0.4, 0.5) is 0 Å². The fraction of sp³-hybridized carbons (Fsp3) is 0.0377. The second-order valence-corrected chi connectivity index (χ2v) is 15.4. The number of pyridine rings is 1. The third kappa shape index (κ3) is 6.40. The van der Waals surface area contributed by atoms with Crippen LogP contribution in [-0.4, -0.2) is 15.0 Å². The van der Waals surface area contributed by atoms with Gasteiger partial charge in [-0.05, 0) is 65.4 Å². The SMILES string of the molecule is C/C=C(/c1ccc(-c2nc3cc(-c4ccc(-c5nc(-c6ccccc6)cc(-c6ccccc6)n5)cc4)ccc3c3sc4ccccc4c23)cc1)c1ccccc1C. The zero-order valence-corrected chi connectivity index (χ0v) is 32.5. The molecule has 3 aromatic heterocycles. The van der Waals surface area contributed by atoms with Gasteiger partial charge in [-0.3, -0.25) is 0 Å². The molecule has 0 N–H and O–H groups in total. The van der Waals surface area contributed by atoms with Crippen LogP contribution in [-0.2, 0) is 0 Å². The third-order valence-electron chi connectivity index (χ3n) is 10.8. The lowest BCUT2D eigenvalue weighted by Crippen LogP contribution is -1.96. The van der Waals surface area contributed by atoms with Gasteiger partial charge in [-0.15, -0.1) is 11.3 Å². The van der Waals surface area contributed by atoms with Crippen LogP contribution in [0.1, 0.15) is 23.6 Å². The number of aromatic nitrogens is 3. The van der Waals surface area contributed by atoms with Crippen LogP contribution in [0.25, 0.3) is 92.9 Å². The largest absolute Gasteiger partial charge is 0.247 e. The van der Waals surface area contributed by atoms with Crippen molar-refractivity contribution in [3.8, 4) is 56.3 Å². The predicted molar refractivity (Wildman–Crippen MR) is 241 cm³/mol. The maximum Gasteiger partial charge on any atom is 0.160 e. The first-order valence-electron chi connectivity index (χ1n) is 19.3. The first-order valence-corrected chi connectivity index (χ1v) is 20.1. The second-order valence-electron chi connectivity index (χ2n) is 14.4. The fourth-order valence-corrected chi connectivity index (χ4v) is 9.15. The molecule has 0 atom stereocenters. The molecule has 0 saturated carbocycles. The molecule has 3 nitrogen and oxygen atoms in total. The summed E-state index contributed by atoms with van der Waals surface area (Å²) in [6.45, 7) is 4.29. The van der Waals surface area contributed by atoms with Gasteiger partial charge in [0.2, 0.25) is 0 Å². The van der Waals surface area contributed by atoms with Crippen molar-refractivity contribution in [3.05, 3.63) is 205 Å². The minimum atomic E-state index is 0.699. The number of fused-ring (bicyclic) bond motifs is 5. The van der Waals surface area contributed by atoms with Gasteiger partial charge in [0.1, 0.15) is 0 Å². The van der Waals surface area contributed by atoms with Crippen LogP contribution in [0.15, 0.2) is 188 Å². The zero-order valence-electron chi connectivity index (χ0n) is 31.6. The first kappa shape index (κ1) is 34.5.